The van der Waals surface area contributed by atoms with Gasteiger partial charge in [0.1, 0.15) is 12.1 Å². The fourth-order valence-corrected chi connectivity index (χ4v) is 2.85. The number of hydrogen-bond donors (Lipinski definition) is 0. The van der Waals surface area contributed by atoms with Crippen LogP contribution in [0.15, 0.2) is 30.6 Å². The molecule has 1 aromatic carbocycles. The Morgan fingerprint density at radius 2 is 1.88 bits per heavy atom. The quantitative estimate of drug-likeness (QED) is 0.606. The first kappa shape index (κ1) is 16.9. The maximum absolute atomic E-state index is 13.9. The number of nitrogens with zero attached hydrogens (tertiary/aromatic N) is 5. The van der Waals surface area contributed by atoms with E-state index >= 15 is 0 Å². The summed E-state index contributed by atoms with van der Waals surface area (Å²) in [6.07, 6.45) is 1.26. The Morgan fingerprint density at radius 1 is 1.20 bits per heavy atom. The van der Waals surface area contributed by atoms with E-state index in [-0.39, 0.29) is 29.8 Å². The Hall–Kier alpha value is -2.97. The number of hydrogen-bond acceptors (Lipinski definition) is 7. The summed E-state index contributed by atoms with van der Waals surface area (Å²) in [5, 5.41) is 11.4. The number of para-hydroxylation sites is 1. The molecule has 0 N–H and O–H groups in total. The molecule has 2 heterocycles. The van der Waals surface area contributed by atoms with E-state index in [1.807, 2.05) is 4.90 Å². The van der Waals surface area contributed by atoms with Gasteiger partial charge in [-0.3, -0.25) is 10.1 Å². The highest BCUT2D eigenvalue weighted by molar-refractivity contribution is 5.63. The van der Waals surface area contributed by atoms with E-state index in [9.17, 15) is 14.5 Å². The maximum atomic E-state index is 13.9. The lowest BCUT2D eigenvalue weighted by atomic mass is 10.2. The van der Waals surface area contributed by atoms with Crippen LogP contribution >= 0.6 is 0 Å². The normalized spacial score (nSPS) is 14.5. The highest BCUT2D eigenvalue weighted by atomic mass is 19.1. The molecule has 1 aromatic heterocycles. The highest BCUT2D eigenvalue weighted by Gasteiger charge is 2.30. The molecular formula is C16H18FN5O3. The Morgan fingerprint density at radius 3 is 2.52 bits per heavy atom. The zero-order valence-corrected chi connectivity index (χ0v) is 13.8. The average Bonchev–Trinajstić information content (AvgIpc) is 2.62. The molecule has 0 aliphatic carbocycles. The third-order valence-electron chi connectivity index (χ3n) is 4.01. The number of benzene rings is 1. The summed E-state index contributed by atoms with van der Waals surface area (Å²) in [5.41, 5.74) is 0.304. The molecule has 132 valence electrons. The van der Waals surface area contributed by atoms with Gasteiger partial charge in [0.15, 0.2) is 0 Å². The Kier molecular flexibility index (Phi) is 4.92. The molecule has 8 nitrogen and oxygen atoms in total. The second-order valence-corrected chi connectivity index (χ2v) is 5.47. The standard InChI is InChI=1S/C16H18FN5O3/c1-2-25-16-14(22(23)24)15(18-11-19-16)21-9-7-20(8-10-21)13-6-4-3-5-12(13)17/h3-6,11H,2,7-10H2,1H3. The van der Waals surface area contributed by atoms with E-state index in [2.05, 4.69) is 9.97 Å². The van der Waals surface area contributed by atoms with Gasteiger partial charge in [0.05, 0.1) is 17.2 Å². The van der Waals surface area contributed by atoms with Gasteiger partial charge in [-0.1, -0.05) is 12.1 Å². The molecule has 9 heteroatoms. The summed E-state index contributed by atoms with van der Waals surface area (Å²) < 4.78 is 19.2. The van der Waals surface area contributed by atoms with Gasteiger partial charge in [-0.25, -0.2) is 9.37 Å². The van der Waals surface area contributed by atoms with Gasteiger partial charge in [0, 0.05) is 26.2 Å². The predicted octanol–water partition coefficient (Wildman–Crippen LogP) is 2.25. The van der Waals surface area contributed by atoms with Crippen LogP contribution < -0.4 is 14.5 Å². The third-order valence-corrected chi connectivity index (χ3v) is 4.01. The number of piperazine rings is 1. The average molecular weight is 347 g/mol. The van der Waals surface area contributed by atoms with Crippen molar-refractivity contribution in [3.05, 3.63) is 46.5 Å². The summed E-state index contributed by atoms with van der Waals surface area (Å²) in [6, 6.07) is 6.58. The van der Waals surface area contributed by atoms with Crippen LogP contribution in [0.25, 0.3) is 0 Å². The van der Waals surface area contributed by atoms with Crippen molar-refractivity contribution >= 4 is 17.2 Å². The summed E-state index contributed by atoms with van der Waals surface area (Å²) in [7, 11) is 0. The molecule has 2 aromatic rings. The molecular weight excluding hydrogens is 329 g/mol. The van der Waals surface area contributed by atoms with Crippen LogP contribution in [0.5, 0.6) is 5.88 Å². The Labute approximate surface area is 144 Å². The summed E-state index contributed by atoms with van der Waals surface area (Å²) in [6.45, 7) is 4.05. The number of anilines is 2. The lowest BCUT2D eigenvalue weighted by Gasteiger charge is -2.36. The summed E-state index contributed by atoms with van der Waals surface area (Å²) >= 11 is 0. The van der Waals surface area contributed by atoms with Crippen LogP contribution in [-0.2, 0) is 0 Å². The fraction of sp³-hybridized carbons (Fsp3) is 0.375. The van der Waals surface area contributed by atoms with Crippen molar-refractivity contribution in [1.82, 2.24) is 9.97 Å². The summed E-state index contributed by atoms with van der Waals surface area (Å²) in [5.74, 6) is -0.0757. The van der Waals surface area contributed by atoms with Crippen LogP contribution in [0.4, 0.5) is 21.6 Å². The first-order chi connectivity index (χ1) is 12.1. The van der Waals surface area contributed by atoms with Gasteiger partial charge < -0.3 is 14.5 Å². The molecule has 0 unspecified atom stereocenters. The molecule has 25 heavy (non-hydrogen) atoms. The lowest BCUT2D eigenvalue weighted by Crippen LogP contribution is -2.47. The van der Waals surface area contributed by atoms with Crippen LogP contribution in [0.1, 0.15) is 6.92 Å². The number of aromatic nitrogens is 2. The van der Waals surface area contributed by atoms with Gasteiger partial charge in [0.25, 0.3) is 5.88 Å². The first-order valence-corrected chi connectivity index (χ1v) is 7.98. The lowest BCUT2D eigenvalue weighted by molar-refractivity contribution is -0.385. The molecule has 0 saturated carbocycles. The summed E-state index contributed by atoms with van der Waals surface area (Å²) in [4.78, 5) is 22.6. The van der Waals surface area contributed by atoms with Crippen LogP contribution in [0, 0.1) is 15.9 Å². The Bertz CT molecular complexity index is 765. The zero-order valence-electron chi connectivity index (χ0n) is 13.8. The highest BCUT2D eigenvalue weighted by Crippen LogP contribution is 2.34. The van der Waals surface area contributed by atoms with Gasteiger partial charge in [-0.2, -0.15) is 4.98 Å². The monoisotopic (exact) mass is 347 g/mol. The number of halogens is 1. The van der Waals surface area contributed by atoms with Crippen molar-refractivity contribution in [3.63, 3.8) is 0 Å². The molecule has 1 aliphatic rings. The van der Waals surface area contributed by atoms with E-state index < -0.39 is 4.92 Å². The number of ether oxygens (including phenoxy) is 1. The van der Waals surface area contributed by atoms with Crippen LogP contribution in [0.3, 0.4) is 0 Å². The molecule has 1 fully saturated rings. The van der Waals surface area contributed by atoms with E-state index in [1.54, 1.807) is 30.0 Å². The zero-order chi connectivity index (χ0) is 17.8. The molecule has 0 bridgehead atoms. The van der Waals surface area contributed by atoms with Gasteiger partial charge >= 0.3 is 5.69 Å². The van der Waals surface area contributed by atoms with E-state index in [0.717, 1.165) is 0 Å². The van der Waals surface area contributed by atoms with Crippen molar-refractivity contribution in [3.8, 4) is 5.88 Å². The fourth-order valence-electron chi connectivity index (χ4n) is 2.85. The van der Waals surface area contributed by atoms with E-state index in [1.165, 1.54) is 12.4 Å². The number of nitro groups is 1. The molecule has 1 aliphatic heterocycles. The van der Waals surface area contributed by atoms with Crippen molar-refractivity contribution in [2.75, 3.05) is 42.6 Å². The van der Waals surface area contributed by atoms with Gasteiger partial charge in [0.2, 0.25) is 5.82 Å². The second kappa shape index (κ2) is 7.29. The molecule has 0 radical (unpaired) electrons. The van der Waals surface area contributed by atoms with Crippen molar-refractivity contribution < 1.29 is 14.1 Å². The van der Waals surface area contributed by atoms with E-state index in [0.29, 0.717) is 31.9 Å². The first-order valence-electron chi connectivity index (χ1n) is 7.98. The maximum Gasteiger partial charge on any atom is 0.372 e. The van der Waals surface area contributed by atoms with Crippen molar-refractivity contribution in [2.24, 2.45) is 0 Å². The molecule has 0 amide bonds. The van der Waals surface area contributed by atoms with Crippen molar-refractivity contribution in [2.45, 2.75) is 6.92 Å². The number of rotatable bonds is 5. The van der Waals surface area contributed by atoms with Crippen LogP contribution in [0.2, 0.25) is 0 Å². The largest absolute Gasteiger partial charge is 0.473 e. The Balaban J connectivity index is 1.80. The van der Waals surface area contributed by atoms with Crippen molar-refractivity contribution in [1.29, 1.82) is 0 Å². The SMILES string of the molecule is CCOc1ncnc(N2CCN(c3ccccc3F)CC2)c1[N+](=O)[O-]. The minimum Gasteiger partial charge on any atom is -0.473 e. The minimum absolute atomic E-state index is 0.0333. The molecule has 3 rings (SSSR count). The molecule has 0 atom stereocenters. The third kappa shape index (κ3) is 3.44. The minimum atomic E-state index is -0.524. The molecule has 1 saturated heterocycles. The predicted molar refractivity (Wildman–Crippen MR) is 90.7 cm³/mol. The second-order valence-electron chi connectivity index (χ2n) is 5.47. The smallest absolute Gasteiger partial charge is 0.372 e. The van der Waals surface area contributed by atoms with Crippen LogP contribution in [-0.4, -0.2) is 47.7 Å². The molecule has 0 spiro atoms. The van der Waals surface area contributed by atoms with Gasteiger partial charge in [-0.15, -0.1) is 0 Å². The van der Waals surface area contributed by atoms with Gasteiger partial charge in [-0.05, 0) is 19.1 Å². The van der Waals surface area contributed by atoms with E-state index in [4.69, 9.17) is 4.74 Å². The topological polar surface area (TPSA) is 84.6 Å².